The monoisotopic (exact) mass is 332 g/mol. The quantitative estimate of drug-likeness (QED) is 0.753. The van der Waals surface area contributed by atoms with Crippen LogP contribution in [-0.2, 0) is 0 Å². The average molecular weight is 334 g/mol. The second kappa shape index (κ2) is 5.70. The minimum atomic E-state index is 0.264. The standard InChI is InChI=1S/C14H18BrClO2/c1-8-9(4-6-11(8)16)10-5-7-12(17-2)13(15)14(10)18-3/h5,7-9,11H,4,6H2,1-3H3. The fraction of sp³-hybridized carbons (Fsp3) is 0.571. The third-order valence-electron chi connectivity index (χ3n) is 3.87. The Balaban J connectivity index is 2.42. The number of benzene rings is 1. The predicted molar refractivity (Wildman–Crippen MR) is 78.0 cm³/mol. The van der Waals surface area contributed by atoms with Gasteiger partial charge in [0.05, 0.1) is 14.2 Å². The molecule has 4 heteroatoms. The lowest BCUT2D eigenvalue weighted by molar-refractivity contribution is 0.379. The first kappa shape index (κ1) is 14.0. The highest BCUT2D eigenvalue weighted by Crippen LogP contribution is 2.48. The summed E-state index contributed by atoms with van der Waals surface area (Å²) in [4.78, 5) is 0. The SMILES string of the molecule is COc1ccc(C2CCC(Cl)C2C)c(OC)c1Br. The van der Waals surface area contributed by atoms with Gasteiger partial charge in [0.2, 0.25) is 0 Å². The van der Waals surface area contributed by atoms with Crippen molar-refractivity contribution in [3.8, 4) is 11.5 Å². The van der Waals surface area contributed by atoms with E-state index in [0.29, 0.717) is 11.8 Å². The smallest absolute Gasteiger partial charge is 0.140 e. The molecule has 0 amide bonds. The van der Waals surface area contributed by atoms with Crippen LogP contribution in [0.3, 0.4) is 0 Å². The summed E-state index contributed by atoms with van der Waals surface area (Å²) in [6.45, 7) is 2.22. The van der Waals surface area contributed by atoms with Gasteiger partial charge in [0.15, 0.2) is 0 Å². The Hall–Kier alpha value is -0.410. The van der Waals surface area contributed by atoms with Gasteiger partial charge in [0.1, 0.15) is 16.0 Å². The van der Waals surface area contributed by atoms with Crippen molar-refractivity contribution < 1.29 is 9.47 Å². The van der Waals surface area contributed by atoms with Crippen LogP contribution >= 0.6 is 27.5 Å². The Morgan fingerprint density at radius 3 is 2.44 bits per heavy atom. The van der Waals surface area contributed by atoms with Crippen molar-refractivity contribution in [3.05, 3.63) is 22.2 Å². The largest absolute Gasteiger partial charge is 0.495 e. The highest BCUT2D eigenvalue weighted by atomic mass is 79.9. The van der Waals surface area contributed by atoms with Crippen molar-refractivity contribution in [2.75, 3.05) is 14.2 Å². The molecule has 0 spiro atoms. The maximum Gasteiger partial charge on any atom is 0.140 e. The molecule has 1 aromatic rings. The molecule has 0 aromatic heterocycles. The fourth-order valence-corrected chi connectivity index (χ4v) is 3.75. The average Bonchev–Trinajstić information content (AvgIpc) is 2.69. The Morgan fingerprint density at radius 2 is 1.94 bits per heavy atom. The topological polar surface area (TPSA) is 18.5 Å². The summed E-state index contributed by atoms with van der Waals surface area (Å²) in [7, 11) is 3.35. The van der Waals surface area contributed by atoms with Crippen LogP contribution in [-0.4, -0.2) is 19.6 Å². The normalized spacial score (nSPS) is 27.3. The molecule has 0 N–H and O–H groups in total. The van der Waals surface area contributed by atoms with Crippen LogP contribution in [0.5, 0.6) is 11.5 Å². The second-order valence-corrected chi connectivity index (χ2v) is 6.12. The number of alkyl halides is 1. The first-order valence-corrected chi connectivity index (χ1v) is 7.37. The Labute approximate surface area is 122 Å². The van der Waals surface area contributed by atoms with Gasteiger partial charge in [-0.05, 0) is 52.2 Å². The van der Waals surface area contributed by atoms with Crippen LogP contribution in [0.4, 0.5) is 0 Å². The number of hydrogen-bond donors (Lipinski definition) is 0. The Bertz CT molecular complexity index is 436. The molecule has 1 aliphatic carbocycles. The van der Waals surface area contributed by atoms with E-state index >= 15 is 0 Å². The molecule has 0 radical (unpaired) electrons. The van der Waals surface area contributed by atoms with E-state index in [1.807, 2.05) is 6.07 Å². The van der Waals surface area contributed by atoms with E-state index < -0.39 is 0 Å². The van der Waals surface area contributed by atoms with Gasteiger partial charge in [-0.1, -0.05) is 13.0 Å². The van der Waals surface area contributed by atoms with Crippen LogP contribution in [0.25, 0.3) is 0 Å². The third kappa shape index (κ3) is 2.35. The van der Waals surface area contributed by atoms with E-state index in [-0.39, 0.29) is 5.38 Å². The van der Waals surface area contributed by atoms with Crippen molar-refractivity contribution in [2.24, 2.45) is 5.92 Å². The van der Waals surface area contributed by atoms with Crippen molar-refractivity contribution in [3.63, 3.8) is 0 Å². The molecular formula is C14H18BrClO2. The maximum absolute atomic E-state index is 6.32. The Morgan fingerprint density at radius 1 is 1.22 bits per heavy atom. The molecule has 2 rings (SSSR count). The molecular weight excluding hydrogens is 316 g/mol. The van der Waals surface area contributed by atoms with E-state index in [0.717, 1.165) is 28.8 Å². The molecule has 1 fully saturated rings. The first-order chi connectivity index (χ1) is 8.60. The lowest BCUT2D eigenvalue weighted by Gasteiger charge is -2.21. The van der Waals surface area contributed by atoms with Gasteiger partial charge in [-0.2, -0.15) is 0 Å². The minimum absolute atomic E-state index is 0.264. The van der Waals surface area contributed by atoms with E-state index in [9.17, 15) is 0 Å². The van der Waals surface area contributed by atoms with E-state index in [1.54, 1.807) is 14.2 Å². The van der Waals surface area contributed by atoms with Crippen LogP contribution in [0.15, 0.2) is 16.6 Å². The molecule has 1 saturated carbocycles. The molecule has 100 valence electrons. The van der Waals surface area contributed by atoms with E-state index in [4.69, 9.17) is 21.1 Å². The van der Waals surface area contributed by atoms with Crippen LogP contribution < -0.4 is 9.47 Å². The zero-order valence-corrected chi connectivity index (χ0v) is 13.2. The summed E-state index contributed by atoms with van der Waals surface area (Å²) in [5.74, 6) is 2.60. The van der Waals surface area contributed by atoms with Crippen molar-refractivity contribution in [1.82, 2.24) is 0 Å². The summed E-state index contributed by atoms with van der Waals surface area (Å²) in [6.07, 6.45) is 2.19. The zero-order chi connectivity index (χ0) is 13.3. The number of methoxy groups -OCH3 is 2. The van der Waals surface area contributed by atoms with Gasteiger partial charge in [-0.15, -0.1) is 11.6 Å². The third-order valence-corrected chi connectivity index (χ3v) is 5.24. The fourth-order valence-electron chi connectivity index (χ4n) is 2.77. The summed E-state index contributed by atoms with van der Waals surface area (Å²) < 4.78 is 11.7. The van der Waals surface area contributed by atoms with Gasteiger partial charge >= 0.3 is 0 Å². The Kier molecular flexibility index (Phi) is 4.44. The molecule has 0 heterocycles. The zero-order valence-electron chi connectivity index (χ0n) is 10.9. The summed E-state index contributed by atoms with van der Waals surface area (Å²) >= 11 is 9.88. The van der Waals surface area contributed by atoms with E-state index in [2.05, 4.69) is 28.9 Å². The predicted octanol–water partition coefficient (Wildman–Crippen LogP) is 4.59. The summed E-state index contributed by atoms with van der Waals surface area (Å²) in [5, 5.41) is 0.264. The highest BCUT2D eigenvalue weighted by molar-refractivity contribution is 9.10. The van der Waals surface area contributed by atoms with Crippen molar-refractivity contribution in [2.45, 2.75) is 31.1 Å². The van der Waals surface area contributed by atoms with E-state index in [1.165, 1.54) is 5.56 Å². The molecule has 2 nitrogen and oxygen atoms in total. The number of rotatable bonds is 3. The van der Waals surface area contributed by atoms with Crippen molar-refractivity contribution >= 4 is 27.5 Å². The molecule has 3 unspecified atom stereocenters. The number of halogens is 2. The molecule has 0 saturated heterocycles. The minimum Gasteiger partial charge on any atom is -0.495 e. The molecule has 0 aliphatic heterocycles. The van der Waals surface area contributed by atoms with Gasteiger partial charge in [0.25, 0.3) is 0 Å². The molecule has 18 heavy (non-hydrogen) atoms. The van der Waals surface area contributed by atoms with Crippen LogP contribution in [0.1, 0.15) is 31.2 Å². The second-order valence-electron chi connectivity index (χ2n) is 4.76. The van der Waals surface area contributed by atoms with Crippen LogP contribution in [0.2, 0.25) is 0 Å². The number of ether oxygens (including phenoxy) is 2. The van der Waals surface area contributed by atoms with Crippen molar-refractivity contribution in [1.29, 1.82) is 0 Å². The molecule has 1 aromatic carbocycles. The molecule has 0 bridgehead atoms. The van der Waals surface area contributed by atoms with Gasteiger partial charge < -0.3 is 9.47 Å². The van der Waals surface area contributed by atoms with Gasteiger partial charge in [0, 0.05) is 5.38 Å². The van der Waals surface area contributed by atoms with Gasteiger partial charge in [-0.25, -0.2) is 0 Å². The first-order valence-electron chi connectivity index (χ1n) is 6.14. The van der Waals surface area contributed by atoms with Gasteiger partial charge in [-0.3, -0.25) is 0 Å². The maximum atomic E-state index is 6.32. The summed E-state index contributed by atoms with van der Waals surface area (Å²) in [6, 6.07) is 4.08. The lowest BCUT2D eigenvalue weighted by atomic mass is 9.89. The van der Waals surface area contributed by atoms with Crippen LogP contribution in [0, 0.1) is 5.92 Å². The molecule has 3 atom stereocenters. The number of hydrogen-bond acceptors (Lipinski definition) is 2. The highest BCUT2D eigenvalue weighted by Gasteiger charge is 2.34. The molecule has 1 aliphatic rings. The summed E-state index contributed by atoms with van der Waals surface area (Å²) in [5.41, 5.74) is 1.22. The lowest BCUT2D eigenvalue weighted by Crippen LogP contribution is -2.10.